The van der Waals surface area contributed by atoms with Crippen molar-refractivity contribution in [3.05, 3.63) is 70.2 Å². The van der Waals surface area contributed by atoms with Gasteiger partial charge in [-0.3, -0.25) is 4.79 Å². The van der Waals surface area contributed by atoms with Gasteiger partial charge in [0.1, 0.15) is 5.60 Å². The van der Waals surface area contributed by atoms with Crippen LogP contribution in [0.5, 0.6) is 0 Å². The highest BCUT2D eigenvalue weighted by molar-refractivity contribution is 6.30. The van der Waals surface area contributed by atoms with Crippen LogP contribution in [0.15, 0.2) is 48.5 Å². The number of benzene rings is 2. The number of halogens is 1. The first-order valence-corrected chi connectivity index (χ1v) is 12.6. The second-order valence-corrected chi connectivity index (χ2v) is 11.6. The zero-order valence-corrected chi connectivity index (χ0v) is 21.0. The summed E-state index contributed by atoms with van der Waals surface area (Å²) >= 11 is 6.07. The third-order valence-corrected chi connectivity index (χ3v) is 7.91. The van der Waals surface area contributed by atoms with Crippen molar-refractivity contribution in [3.63, 3.8) is 0 Å². The fraction of sp³-hybridized carbons (Fsp3) is 0.500. The highest BCUT2D eigenvalue weighted by Gasteiger charge is 2.54. The molecule has 2 aromatic rings. The van der Waals surface area contributed by atoms with Gasteiger partial charge in [0.2, 0.25) is 5.91 Å². The molecule has 2 amide bonds. The third-order valence-electron chi connectivity index (χ3n) is 7.66. The van der Waals surface area contributed by atoms with Crippen LogP contribution in [0.2, 0.25) is 5.02 Å². The topological polar surface area (TPSA) is 49.9 Å². The summed E-state index contributed by atoms with van der Waals surface area (Å²) in [5.74, 6) is 0.234. The minimum Gasteiger partial charge on any atom is -0.444 e. The molecule has 180 valence electrons. The van der Waals surface area contributed by atoms with Crippen LogP contribution in [0.1, 0.15) is 63.1 Å². The third kappa shape index (κ3) is 4.19. The summed E-state index contributed by atoms with van der Waals surface area (Å²) in [6.45, 7) is 8.29. The average molecular weight is 481 g/mol. The maximum absolute atomic E-state index is 13.6. The Morgan fingerprint density at radius 2 is 1.56 bits per heavy atom. The van der Waals surface area contributed by atoms with Gasteiger partial charge in [-0.1, -0.05) is 48.0 Å². The van der Waals surface area contributed by atoms with E-state index >= 15 is 0 Å². The van der Waals surface area contributed by atoms with Gasteiger partial charge in [-0.05, 0) is 75.3 Å². The SMILES string of the molecule is CC(C)(C)OC(=O)N1Cc2ccccc2C2(CCN(C(=O)C3(c4ccc(Cl)cc4)CC3)CC2)C1. The monoisotopic (exact) mass is 480 g/mol. The van der Waals surface area contributed by atoms with Crippen LogP contribution in [-0.4, -0.2) is 47.0 Å². The Kier molecular flexibility index (Phi) is 5.67. The first-order chi connectivity index (χ1) is 16.1. The van der Waals surface area contributed by atoms with Crippen molar-refractivity contribution in [3.8, 4) is 0 Å². The first-order valence-electron chi connectivity index (χ1n) is 12.2. The van der Waals surface area contributed by atoms with Crippen molar-refractivity contribution >= 4 is 23.6 Å². The molecular weight excluding hydrogens is 448 g/mol. The van der Waals surface area contributed by atoms with Gasteiger partial charge < -0.3 is 14.5 Å². The van der Waals surface area contributed by atoms with Crippen molar-refractivity contribution in [2.45, 2.75) is 69.4 Å². The molecular formula is C28H33ClN2O3. The Bertz CT molecular complexity index is 1090. The molecule has 0 aromatic heterocycles. The van der Waals surface area contributed by atoms with Crippen molar-refractivity contribution in [2.24, 2.45) is 0 Å². The van der Waals surface area contributed by atoms with Crippen molar-refractivity contribution in [2.75, 3.05) is 19.6 Å². The lowest BCUT2D eigenvalue weighted by molar-refractivity contribution is -0.135. The number of ether oxygens (including phenoxy) is 1. The van der Waals surface area contributed by atoms with Gasteiger partial charge in [-0.15, -0.1) is 0 Å². The number of piperidine rings is 1. The Morgan fingerprint density at radius 1 is 0.912 bits per heavy atom. The van der Waals surface area contributed by atoms with Crippen LogP contribution in [0.25, 0.3) is 0 Å². The van der Waals surface area contributed by atoms with E-state index < -0.39 is 5.60 Å². The largest absolute Gasteiger partial charge is 0.444 e. The fourth-order valence-electron chi connectivity index (χ4n) is 5.73. The summed E-state index contributed by atoms with van der Waals surface area (Å²) in [6, 6.07) is 16.2. The first kappa shape index (κ1) is 23.2. The lowest BCUT2D eigenvalue weighted by Gasteiger charge is -2.49. The fourth-order valence-corrected chi connectivity index (χ4v) is 5.86. The highest BCUT2D eigenvalue weighted by Crippen LogP contribution is 2.51. The molecule has 5 nitrogen and oxygen atoms in total. The van der Waals surface area contributed by atoms with Crippen LogP contribution >= 0.6 is 11.6 Å². The number of carbonyl (C=O) groups is 2. The summed E-state index contributed by atoms with van der Waals surface area (Å²) < 4.78 is 5.71. The van der Waals surface area contributed by atoms with E-state index in [0.29, 0.717) is 31.2 Å². The molecule has 2 aliphatic heterocycles. The Labute approximate surface area is 207 Å². The average Bonchev–Trinajstić information content (AvgIpc) is 3.61. The van der Waals surface area contributed by atoms with E-state index in [0.717, 1.165) is 31.2 Å². The minimum atomic E-state index is -0.531. The molecule has 6 heteroatoms. The number of rotatable bonds is 2. The number of carbonyl (C=O) groups excluding carboxylic acids is 2. The molecule has 2 aromatic carbocycles. The number of likely N-dealkylation sites (tertiary alicyclic amines) is 1. The van der Waals surface area contributed by atoms with Gasteiger partial charge in [0.15, 0.2) is 0 Å². The predicted octanol–water partition coefficient (Wildman–Crippen LogP) is 5.68. The van der Waals surface area contributed by atoms with Gasteiger partial charge in [0.05, 0.1) is 5.41 Å². The predicted molar refractivity (Wildman–Crippen MR) is 133 cm³/mol. The standard InChI is InChI=1S/C28H33ClN2O3/c1-26(2,3)34-25(33)31-18-20-6-4-5-7-23(20)27(19-31)14-16-30(17-15-27)24(32)28(12-13-28)21-8-10-22(29)11-9-21/h4-11H,12-19H2,1-3H3. The lowest BCUT2D eigenvalue weighted by atomic mass is 9.68. The van der Waals surface area contributed by atoms with Crippen LogP contribution in [0.4, 0.5) is 4.79 Å². The number of hydrogen-bond acceptors (Lipinski definition) is 3. The van der Waals surface area contributed by atoms with Crippen LogP contribution in [-0.2, 0) is 26.9 Å². The van der Waals surface area contributed by atoms with Crippen LogP contribution in [0, 0.1) is 0 Å². The zero-order chi connectivity index (χ0) is 24.1. The molecule has 1 aliphatic carbocycles. The quantitative estimate of drug-likeness (QED) is 0.555. The maximum Gasteiger partial charge on any atom is 0.410 e. The molecule has 1 saturated heterocycles. The van der Waals surface area contributed by atoms with Gasteiger partial charge in [0.25, 0.3) is 0 Å². The van der Waals surface area contributed by atoms with Gasteiger partial charge in [-0.25, -0.2) is 4.79 Å². The molecule has 0 radical (unpaired) electrons. The number of hydrogen-bond donors (Lipinski definition) is 0. The normalized spacial score (nSPS) is 20.6. The molecule has 2 fully saturated rings. The highest BCUT2D eigenvalue weighted by atomic mass is 35.5. The molecule has 1 spiro atoms. The minimum absolute atomic E-state index is 0.153. The maximum atomic E-state index is 13.6. The van der Waals surface area contributed by atoms with Crippen molar-refractivity contribution < 1.29 is 14.3 Å². The molecule has 0 bridgehead atoms. The van der Waals surface area contributed by atoms with E-state index in [1.807, 2.05) is 60.9 Å². The van der Waals surface area contributed by atoms with E-state index in [4.69, 9.17) is 16.3 Å². The second kappa shape index (κ2) is 8.30. The van der Waals surface area contributed by atoms with Gasteiger partial charge in [0, 0.05) is 36.6 Å². The van der Waals surface area contributed by atoms with Crippen LogP contribution < -0.4 is 0 Å². The van der Waals surface area contributed by atoms with E-state index in [2.05, 4.69) is 18.2 Å². The lowest BCUT2D eigenvalue weighted by Crippen LogP contribution is -2.55. The summed E-state index contributed by atoms with van der Waals surface area (Å²) in [4.78, 5) is 30.5. The zero-order valence-electron chi connectivity index (χ0n) is 20.3. The van der Waals surface area contributed by atoms with E-state index in [1.165, 1.54) is 11.1 Å². The van der Waals surface area contributed by atoms with Gasteiger partial charge in [-0.2, -0.15) is 0 Å². The Morgan fingerprint density at radius 3 is 2.18 bits per heavy atom. The number of fused-ring (bicyclic) bond motifs is 2. The Hall–Kier alpha value is -2.53. The van der Waals surface area contributed by atoms with Crippen molar-refractivity contribution in [1.82, 2.24) is 9.80 Å². The summed E-state index contributed by atoms with van der Waals surface area (Å²) in [7, 11) is 0. The summed E-state index contributed by atoms with van der Waals surface area (Å²) in [5.41, 5.74) is 2.50. The van der Waals surface area contributed by atoms with Crippen LogP contribution in [0.3, 0.4) is 0 Å². The molecule has 3 aliphatic rings. The molecule has 0 N–H and O–H groups in total. The van der Waals surface area contributed by atoms with E-state index in [9.17, 15) is 9.59 Å². The van der Waals surface area contributed by atoms with E-state index in [-0.39, 0.29) is 22.8 Å². The molecule has 34 heavy (non-hydrogen) atoms. The smallest absolute Gasteiger partial charge is 0.410 e. The molecule has 2 heterocycles. The second-order valence-electron chi connectivity index (χ2n) is 11.2. The number of amides is 2. The van der Waals surface area contributed by atoms with Crippen molar-refractivity contribution in [1.29, 1.82) is 0 Å². The molecule has 1 saturated carbocycles. The molecule has 0 unspecified atom stereocenters. The summed E-state index contributed by atoms with van der Waals surface area (Å²) in [5, 5.41) is 0.692. The Balaban J connectivity index is 1.35. The van der Waals surface area contributed by atoms with Gasteiger partial charge >= 0.3 is 6.09 Å². The molecule has 5 rings (SSSR count). The van der Waals surface area contributed by atoms with E-state index in [1.54, 1.807) is 0 Å². The molecule has 0 atom stereocenters. The summed E-state index contributed by atoms with van der Waals surface area (Å²) in [6.07, 6.45) is 3.20. The number of nitrogens with zero attached hydrogens (tertiary/aromatic N) is 2.